The summed E-state index contributed by atoms with van der Waals surface area (Å²) in [7, 11) is 1.58. The lowest BCUT2D eigenvalue weighted by Crippen LogP contribution is -2.48. The first-order valence-corrected chi connectivity index (χ1v) is 10.6. The highest BCUT2D eigenvalue weighted by molar-refractivity contribution is 5.96. The molecule has 1 heterocycles. The summed E-state index contributed by atoms with van der Waals surface area (Å²) in [6.45, 7) is 5.12. The van der Waals surface area contributed by atoms with Crippen molar-refractivity contribution >= 4 is 17.7 Å². The van der Waals surface area contributed by atoms with E-state index >= 15 is 0 Å². The first kappa shape index (κ1) is 22.4. The molecular formula is C21H35N3O4. The van der Waals surface area contributed by atoms with Gasteiger partial charge < -0.3 is 20.6 Å². The minimum atomic E-state index is -0.589. The van der Waals surface area contributed by atoms with E-state index in [2.05, 4.69) is 17.6 Å². The van der Waals surface area contributed by atoms with Crippen LogP contribution in [0.15, 0.2) is 12.2 Å². The fourth-order valence-corrected chi connectivity index (χ4v) is 4.48. The molecule has 1 aliphatic carbocycles. The van der Waals surface area contributed by atoms with Gasteiger partial charge in [-0.2, -0.15) is 0 Å². The molecule has 0 spiro atoms. The van der Waals surface area contributed by atoms with Crippen LogP contribution in [0.25, 0.3) is 0 Å². The van der Waals surface area contributed by atoms with Crippen molar-refractivity contribution in [3.8, 4) is 0 Å². The minimum Gasteiger partial charge on any atom is -0.396 e. The van der Waals surface area contributed by atoms with Crippen LogP contribution in [0.5, 0.6) is 0 Å². The topological polar surface area (TPSA) is 98.7 Å². The second kappa shape index (κ2) is 10.6. The van der Waals surface area contributed by atoms with Crippen LogP contribution in [-0.4, -0.2) is 60.5 Å². The molecule has 1 saturated heterocycles. The molecule has 2 rings (SSSR count). The van der Waals surface area contributed by atoms with Crippen molar-refractivity contribution in [1.29, 1.82) is 0 Å². The van der Waals surface area contributed by atoms with Gasteiger partial charge in [0.05, 0.1) is 11.8 Å². The molecular weight excluding hydrogens is 358 g/mol. The number of aliphatic hydroxyl groups excluding tert-OH is 1. The minimum absolute atomic E-state index is 0.0561. The maximum atomic E-state index is 13.3. The summed E-state index contributed by atoms with van der Waals surface area (Å²) in [5.41, 5.74) is 0. The van der Waals surface area contributed by atoms with Crippen molar-refractivity contribution in [3.63, 3.8) is 0 Å². The van der Waals surface area contributed by atoms with Gasteiger partial charge in [-0.25, -0.2) is 0 Å². The van der Waals surface area contributed by atoms with Gasteiger partial charge in [0.2, 0.25) is 17.7 Å². The molecule has 2 aliphatic rings. The number of likely N-dealkylation sites (tertiary alicyclic amines) is 1. The SMILES string of the molecule is CCCCCNC(=O)[C@@H]1[C@H]2C=C[C@@H](C)[C@@H](C(=O)NC)[C@H]2C(=O)N1CCCCO. The molecule has 0 aromatic carbocycles. The Kier molecular flexibility index (Phi) is 8.48. The van der Waals surface area contributed by atoms with Crippen LogP contribution in [0.3, 0.4) is 0 Å². The van der Waals surface area contributed by atoms with Crippen LogP contribution in [0.2, 0.25) is 0 Å². The summed E-state index contributed by atoms with van der Waals surface area (Å²) < 4.78 is 0. The molecule has 7 nitrogen and oxygen atoms in total. The van der Waals surface area contributed by atoms with Crippen LogP contribution in [-0.2, 0) is 14.4 Å². The largest absolute Gasteiger partial charge is 0.396 e. The van der Waals surface area contributed by atoms with Gasteiger partial charge in [-0.1, -0.05) is 38.8 Å². The number of aliphatic hydroxyl groups is 1. The highest BCUT2D eigenvalue weighted by Crippen LogP contribution is 2.43. The van der Waals surface area contributed by atoms with Crippen molar-refractivity contribution in [1.82, 2.24) is 15.5 Å². The van der Waals surface area contributed by atoms with E-state index in [9.17, 15) is 14.4 Å². The van der Waals surface area contributed by atoms with E-state index in [1.54, 1.807) is 11.9 Å². The van der Waals surface area contributed by atoms with Crippen molar-refractivity contribution < 1.29 is 19.5 Å². The molecule has 158 valence electrons. The Hall–Kier alpha value is -1.89. The average molecular weight is 394 g/mol. The fourth-order valence-electron chi connectivity index (χ4n) is 4.48. The number of fused-ring (bicyclic) bond motifs is 1. The number of rotatable bonds is 10. The third-order valence-corrected chi connectivity index (χ3v) is 5.98. The van der Waals surface area contributed by atoms with Gasteiger partial charge in [-0.05, 0) is 25.2 Å². The van der Waals surface area contributed by atoms with Crippen LogP contribution in [0.1, 0.15) is 46.0 Å². The maximum absolute atomic E-state index is 13.3. The maximum Gasteiger partial charge on any atom is 0.243 e. The lowest BCUT2D eigenvalue weighted by Gasteiger charge is -2.32. The van der Waals surface area contributed by atoms with E-state index in [0.29, 0.717) is 25.9 Å². The Balaban J connectivity index is 2.25. The fraction of sp³-hybridized carbons (Fsp3) is 0.762. The summed E-state index contributed by atoms with van der Waals surface area (Å²) in [4.78, 5) is 40.4. The van der Waals surface area contributed by atoms with Gasteiger partial charge in [0.25, 0.3) is 0 Å². The Morgan fingerprint density at radius 1 is 1.14 bits per heavy atom. The molecule has 7 heteroatoms. The average Bonchev–Trinajstić information content (AvgIpc) is 2.97. The Morgan fingerprint density at radius 2 is 1.89 bits per heavy atom. The number of nitrogens with zero attached hydrogens (tertiary/aromatic N) is 1. The standard InChI is InChI=1S/C21H35N3O4/c1-4-5-6-11-23-20(27)18-15-10-9-14(2)16(19(26)22-3)17(15)21(28)24(18)12-7-8-13-25/h9-10,14-18,25H,4-8,11-13H2,1-3H3,(H,22,26)(H,23,27)/t14-,15+,16-,17+,18+/m1/s1. The molecule has 0 aromatic rings. The van der Waals surface area contributed by atoms with E-state index in [4.69, 9.17) is 5.11 Å². The molecule has 28 heavy (non-hydrogen) atoms. The molecule has 0 saturated carbocycles. The normalized spacial score (nSPS) is 28.9. The summed E-state index contributed by atoms with van der Waals surface area (Å²) in [5, 5.41) is 14.8. The third kappa shape index (κ3) is 4.74. The summed E-state index contributed by atoms with van der Waals surface area (Å²) in [5.74, 6) is -1.76. The zero-order valence-electron chi connectivity index (χ0n) is 17.3. The molecule has 0 unspecified atom stereocenters. The highest BCUT2D eigenvalue weighted by Gasteiger charge is 2.56. The second-order valence-electron chi connectivity index (χ2n) is 7.89. The summed E-state index contributed by atoms with van der Waals surface area (Å²) in [6.07, 6.45) is 8.16. The molecule has 0 radical (unpaired) electrons. The van der Waals surface area contributed by atoms with Gasteiger partial charge in [0.15, 0.2) is 0 Å². The van der Waals surface area contributed by atoms with Crippen molar-refractivity contribution in [3.05, 3.63) is 12.2 Å². The molecule has 1 fully saturated rings. The Labute approximate surface area is 167 Å². The zero-order chi connectivity index (χ0) is 20.7. The smallest absolute Gasteiger partial charge is 0.243 e. The molecule has 5 atom stereocenters. The third-order valence-electron chi connectivity index (χ3n) is 5.98. The van der Waals surface area contributed by atoms with E-state index in [1.807, 2.05) is 19.1 Å². The number of hydrogen-bond donors (Lipinski definition) is 3. The van der Waals surface area contributed by atoms with Crippen molar-refractivity contribution in [2.24, 2.45) is 23.7 Å². The van der Waals surface area contributed by atoms with E-state index in [1.165, 1.54) is 0 Å². The monoisotopic (exact) mass is 393 g/mol. The van der Waals surface area contributed by atoms with E-state index in [-0.39, 0.29) is 36.2 Å². The first-order valence-electron chi connectivity index (χ1n) is 10.6. The zero-order valence-corrected chi connectivity index (χ0v) is 17.3. The van der Waals surface area contributed by atoms with E-state index in [0.717, 1.165) is 19.3 Å². The molecule has 0 bridgehead atoms. The quantitative estimate of drug-likeness (QED) is 0.382. The lowest BCUT2D eigenvalue weighted by molar-refractivity contribution is -0.140. The van der Waals surface area contributed by atoms with Crippen LogP contribution in [0, 0.1) is 23.7 Å². The summed E-state index contributed by atoms with van der Waals surface area (Å²) >= 11 is 0. The van der Waals surface area contributed by atoms with Crippen LogP contribution >= 0.6 is 0 Å². The number of carbonyl (C=O) groups excluding carboxylic acids is 3. The van der Waals surface area contributed by atoms with Gasteiger partial charge >= 0.3 is 0 Å². The molecule has 1 aliphatic heterocycles. The number of unbranched alkanes of at least 4 members (excludes halogenated alkanes) is 3. The number of nitrogens with one attached hydrogen (secondary N) is 2. The van der Waals surface area contributed by atoms with Crippen LogP contribution in [0.4, 0.5) is 0 Å². The number of allylic oxidation sites excluding steroid dienone is 1. The van der Waals surface area contributed by atoms with Gasteiger partial charge in [-0.3, -0.25) is 14.4 Å². The second-order valence-corrected chi connectivity index (χ2v) is 7.89. The van der Waals surface area contributed by atoms with Gasteiger partial charge in [-0.15, -0.1) is 0 Å². The van der Waals surface area contributed by atoms with Crippen molar-refractivity contribution in [2.45, 2.75) is 52.0 Å². The number of carbonyl (C=O) groups is 3. The predicted octanol–water partition coefficient (Wildman–Crippen LogP) is 1.08. The molecule has 3 N–H and O–H groups in total. The Bertz CT molecular complexity index is 592. The van der Waals surface area contributed by atoms with Gasteiger partial charge in [0, 0.05) is 32.7 Å². The highest BCUT2D eigenvalue weighted by atomic mass is 16.3. The molecule has 0 aromatic heterocycles. The molecule has 3 amide bonds. The van der Waals surface area contributed by atoms with Crippen LogP contribution < -0.4 is 10.6 Å². The van der Waals surface area contributed by atoms with Gasteiger partial charge in [0.1, 0.15) is 6.04 Å². The predicted molar refractivity (Wildman–Crippen MR) is 107 cm³/mol. The number of amides is 3. The summed E-state index contributed by atoms with van der Waals surface area (Å²) in [6, 6.07) is -0.589. The van der Waals surface area contributed by atoms with E-state index < -0.39 is 17.9 Å². The Morgan fingerprint density at radius 3 is 2.54 bits per heavy atom. The lowest BCUT2D eigenvalue weighted by atomic mass is 9.70. The number of hydrogen-bond acceptors (Lipinski definition) is 4. The first-order chi connectivity index (χ1) is 13.5. The van der Waals surface area contributed by atoms with Crippen molar-refractivity contribution in [2.75, 3.05) is 26.7 Å².